The molecule has 0 radical (unpaired) electrons. The molecule has 7 heteroatoms. The fraction of sp³-hybridized carbons (Fsp3) is 1.00. The van der Waals surface area contributed by atoms with Gasteiger partial charge in [0.15, 0.2) is 11.6 Å². The van der Waals surface area contributed by atoms with Gasteiger partial charge in [-0.3, -0.25) is 0 Å². The summed E-state index contributed by atoms with van der Waals surface area (Å²) in [6.07, 6.45) is 52.2. The Bertz CT molecular complexity index is 771. The van der Waals surface area contributed by atoms with Gasteiger partial charge in [-0.25, -0.2) is 0 Å². The van der Waals surface area contributed by atoms with E-state index < -0.39 is 11.6 Å². The van der Waals surface area contributed by atoms with E-state index in [9.17, 15) is 0 Å². The molecule has 0 aliphatic heterocycles. The van der Waals surface area contributed by atoms with Gasteiger partial charge in [0.05, 0.1) is 26.4 Å². The molecule has 0 fully saturated rings. The average molecular weight is 928 g/mol. The van der Waals surface area contributed by atoms with E-state index in [2.05, 4.69) is 41.5 Å². The van der Waals surface area contributed by atoms with E-state index in [0.29, 0.717) is 39.6 Å². The zero-order valence-corrected chi connectivity index (χ0v) is 45.2. The molecule has 0 bridgehead atoms. The van der Waals surface area contributed by atoms with Gasteiger partial charge in [-0.05, 0) is 38.5 Å². The second-order valence-electron chi connectivity index (χ2n) is 19.9. The lowest BCUT2D eigenvalue weighted by atomic mass is 10.0. The smallest absolute Gasteiger partial charge is 0.191 e. The fourth-order valence-electron chi connectivity index (χ4n) is 8.85. The van der Waals surface area contributed by atoms with Crippen molar-refractivity contribution in [1.82, 2.24) is 0 Å². The van der Waals surface area contributed by atoms with Gasteiger partial charge >= 0.3 is 0 Å². The van der Waals surface area contributed by atoms with Crippen LogP contribution in [0.15, 0.2) is 0 Å². The number of rotatable bonds is 58. The van der Waals surface area contributed by atoms with Crippen molar-refractivity contribution in [2.45, 2.75) is 323 Å². The van der Waals surface area contributed by atoms with Gasteiger partial charge in [0.1, 0.15) is 26.8 Å². The van der Waals surface area contributed by atoms with Gasteiger partial charge < -0.3 is 33.2 Å². The standard InChI is InChI=1S/C58H118O7/c1-7-13-19-25-27-29-31-33-35-41-47-57(62-49-43-37-21-15-9-3,63-50-44-38-22-16-10-4)53-59-55-61-56-60-54-58(64-51-45-39-23-17-11-5,65-52-46-40-24-18-12-6)48-42-36-34-32-30-28-26-20-14-8-2/h7-56H2,1-6H3. The van der Waals surface area contributed by atoms with Crippen molar-refractivity contribution in [3.05, 3.63) is 0 Å². The van der Waals surface area contributed by atoms with Crippen LogP contribution < -0.4 is 0 Å². The molecule has 0 atom stereocenters. The van der Waals surface area contributed by atoms with Gasteiger partial charge in [-0.2, -0.15) is 0 Å². The van der Waals surface area contributed by atoms with Crippen LogP contribution in [0.1, 0.15) is 311 Å². The summed E-state index contributed by atoms with van der Waals surface area (Å²) in [5.74, 6) is -1.47. The minimum Gasteiger partial charge on any atom is -0.350 e. The molecule has 0 heterocycles. The van der Waals surface area contributed by atoms with E-state index in [-0.39, 0.29) is 13.6 Å². The molecule has 0 aromatic heterocycles. The zero-order chi connectivity index (χ0) is 47.3. The molecule has 0 saturated heterocycles. The third-order valence-corrected chi connectivity index (χ3v) is 13.3. The predicted molar refractivity (Wildman–Crippen MR) is 280 cm³/mol. The van der Waals surface area contributed by atoms with Crippen LogP contribution in [0.2, 0.25) is 0 Å². The Balaban J connectivity index is 5.55. The van der Waals surface area contributed by atoms with E-state index in [4.69, 9.17) is 33.2 Å². The highest BCUT2D eigenvalue weighted by Crippen LogP contribution is 2.27. The molecule has 0 aromatic carbocycles. The maximum Gasteiger partial charge on any atom is 0.191 e. The van der Waals surface area contributed by atoms with Crippen molar-refractivity contribution < 1.29 is 33.2 Å². The summed E-state index contributed by atoms with van der Waals surface area (Å²) in [5.41, 5.74) is 0. The summed E-state index contributed by atoms with van der Waals surface area (Å²) in [6, 6.07) is 0. The van der Waals surface area contributed by atoms with Crippen LogP contribution in [0.5, 0.6) is 0 Å². The first-order valence-corrected chi connectivity index (χ1v) is 29.4. The Morgan fingerprint density at radius 1 is 0.215 bits per heavy atom. The van der Waals surface area contributed by atoms with Crippen molar-refractivity contribution in [1.29, 1.82) is 0 Å². The fourth-order valence-corrected chi connectivity index (χ4v) is 8.85. The van der Waals surface area contributed by atoms with Crippen LogP contribution in [0.4, 0.5) is 0 Å². The molecule has 0 unspecified atom stereocenters. The Morgan fingerprint density at radius 2 is 0.415 bits per heavy atom. The lowest BCUT2D eigenvalue weighted by molar-refractivity contribution is -0.289. The number of hydrogen-bond donors (Lipinski definition) is 0. The minimum atomic E-state index is -0.736. The Labute approximate surface area is 407 Å². The highest BCUT2D eigenvalue weighted by Gasteiger charge is 2.34. The average Bonchev–Trinajstić information content (AvgIpc) is 3.31. The summed E-state index contributed by atoms with van der Waals surface area (Å²) in [6.45, 7) is 17.6. The lowest BCUT2D eigenvalue weighted by Crippen LogP contribution is -2.42. The highest BCUT2D eigenvalue weighted by atomic mass is 16.8. The van der Waals surface area contributed by atoms with Crippen molar-refractivity contribution >= 4 is 0 Å². The minimum absolute atomic E-state index is 0.140. The Hall–Kier alpha value is -0.280. The van der Waals surface area contributed by atoms with Crippen LogP contribution in [0, 0.1) is 0 Å². The molecule has 0 aliphatic rings. The first-order chi connectivity index (χ1) is 32.1. The maximum absolute atomic E-state index is 6.75. The molecule has 0 aliphatic carbocycles. The molecule has 0 aromatic rings. The predicted octanol–water partition coefficient (Wildman–Crippen LogP) is 18.9. The molecule has 0 rings (SSSR count). The summed E-state index contributed by atoms with van der Waals surface area (Å²) in [4.78, 5) is 0. The van der Waals surface area contributed by atoms with E-state index >= 15 is 0 Å². The number of unbranched alkanes of at least 4 members (excludes halogenated alkanes) is 34. The van der Waals surface area contributed by atoms with Crippen LogP contribution in [-0.4, -0.2) is 64.8 Å². The van der Waals surface area contributed by atoms with Gasteiger partial charge in [-0.1, -0.05) is 260 Å². The number of hydrogen-bond acceptors (Lipinski definition) is 7. The van der Waals surface area contributed by atoms with Gasteiger partial charge in [0.2, 0.25) is 0 Å². The second kappa shape index (κ2) is 53.1. The topological polar surface area (TPSA) is 64.6 Å². The molecular formula is C58H118O7. The van der Waals surface area contributed by atoms with E-state index in [1.807, 2.05) is 0 Å². The second-order valence-corrected chi connectivity index (χ2v) is 19.9. The van der Waals surface area contributed by atoms with Gasteiger partial charge in [0, 0.05) is 12.8 Å². The summed E-state index contributed by atoms with van der Waals surface area (Å²) in [5, 5.41) is 0. The Kier molecular flexibility index (Phi) is 52.9. The van der Waals surface area contributed by atoms with Crippen LogP contribution in [-0.2, 0) is 33.2 Å². The summed E-state index contributed by atoms with van der Waals surface area (Å²) < 4.78 is 45.7. The molecule has 0 amide bonds. The van der Waals surface area contributed by atoms with Crippen LogP contribution >= 0.6 is 0 Å². The van der Waals surface area contributed by atoms with E-state index in [1.54, 1.807) is 0 Å². The first kappa shape index (κ1) is 64.7. The van der Waals surface area contributed by atoms with Crippen LogP contribution in [0.3, 0.4) is 0 Å². The molecule has 7 nitrogen and oxygen atoms in total. The largest absolute Gasteiger partial charge is 0.350 e. The number of ether oxygens (including phenoxy) is 7. The van der Waals surface area contributed by atoms with Crippen molar-refractivity contribution in [2.24, 2.45) is 0 Å². The third kappa shape index (κ3) is 44.7. The molecule has 65 heavy (non-hydrogen) atoms. The monoisotopic (exact) mass is 927 g/mol. The zero-order valence-electron chi connectivity index (χ0n) is 45.2. The van der Waals surface area contributed by atoms with Gasteiger partial charge in [-0.15, -0.1) is 0 Å². The van der Waals surface area contributed by atoms with Gasteiger partial charge in [0.25, 0.3) is 0 Å². The Morgan fingerprint density at radius 3 is 0.646 bits per heavy atom. The van der Waals surface area contributed by atoms with Crippen LogP contribution in [0.25, 0.3) is 0 Å². The molecule has 0 spiro atoms. The highest BCUT2D eigenvalue weighted by molar-refractivity contribution is 4.73. The lowest BCUT2D eigenvalue weighted by Gasteiger charge is -2.34. The third-order valence-electron chi connectivity index (χ3n) is 13.3. The molecule has 0 saturated carbocycles. The summed E-state index contributed by atoms with van der Waals surface area (Å²) in [7, 11) is 0. The molecule has 392 valence electrons. The maximum atomic E-state index is 6.75. The SMILES string of the molecule is CCCCCCCCCCCCC(COCOCOCC(CCCCCCCCCCCC)(OCCCCCCC)OCCCCCCC)(OCCCCCCC)OCCCCCCC. The van der Waals surface area contributed by atoms with Crippen molar-refractivity contribution in [3.8, 4) is 0 Å². The van der Waals surface area contributed by atoms with Crippen molar-refractivity contribution in [2.75, 3.05) is 53.2 Å². The van der Waals surface area contributed by atoms with E-state index in [1.165, 1.54) is 218 Å². The molecular weight excluding hydrogens is 809 g/mol. The summed E-state index contributed by atoms with van der Waals surface area (Å²) >= 11 is 0. The van der Waals surface area contributed by atoms with E-state index in [0.717, 1.165) is 51.4 Å². The molecule has 0 N–H and O–H groups in total. The normalized spacial score (nSPS) is 12.3. The quantitative estimate of drug-likeness (QED) is 0.0445. The van der Waals surface area contributed by atoms with Crippen molar-refractivity contribution in [3.63, 3.8) is 0 Å². The first-order valence-electron chi connectivity index (χ1n) is 29.4.